The maximum Gasteiger partial charge on any atom is 0 e. The molecule has 12 heavy (non-hydrogen) atoms. The summed E-state index contributed by atoms with van der Waals surface area (Å²) >= 11 is 0. The first-order valence-corrected chi connectivity index (χ1v) is 3.96. The first kappa shape index (κ1) is 18.7. The van der Waals surface area contributed by atoms with Gasteiger partial charge in [0.15, 0.2) is 0 Å². The number of hydrogen-bond acceptors (Lipinski definition) is 2. The molecule has 0 saturated heterocycles. The molecule has 0 bridgehead atoms. The molecule has 0 aliphatic heterocycles. The van der Waals surface area contributed by atoms with Crippen molar-refractivity contribution >= 4 is 33.3 Å². The standard InChI is InChI=1S/C8H16O2.Pb.Zn.2H/c1-3-5-6-7-8(9)10-4-2;;;;/h3-7H2,1-2H3;;;;. The van der Waals surface area contributed by atoms with Crippen molar-refractivity contribution in [3.63, 3.8) is 0 Å². The van der Waals surface area contributed by atoms with Gasteiger partial charge in [-0.15, -0.1) is 0 Å². The minimum absolute atomic E-state index is 0. The fourth-order valence-corrected chi connectivity index (χ4v) is 0.752. The number of rotatable bonds is 5. The molecule has 4 heteroatoms. The van der Waals surface area contributed by atoms with Crippen molar-refractivity contribution in [2.24, 2.45) is 0 Å². The molecule has 0 unspecified atom stereocenters. The van der Waals surface area contributed by atoms with E-state index in [2.05, 4.69) is 6.92 Å². The second-order valence-corrected chi connectivity index (χ2v) is 2.26. The zero-order valence-electron chi connectivity index (χ0n) is 8.27. The van der Waals surface area contributed by atoms with Crippen molar-refractivity contribution < 1.29 is 29.0 Å². The van der Waals surface area contributed by atoms with Gasteiger partial charge >= 0.3 is 33.3 Å². The Hall–Kier alpha value is 1.02. The Morgan fingerprint density at radius 1 is 1.25 bits per heavy atom. The van der Waals surface area contributed by atoms with Gasteiger partial charge in [-0.1, -0.05) is 19.8 Å². The van der Waals surface area contributed by atoms with Crippen LogP contribution in [0.15, 0.2) is 0 Å². The van der Waals surface area contributed by atoms with Crippen LogP contribution in [-0.2, 0) is 29.0 Å². The number of ether oxygens (including phenoxy) is 1. The van der Waals surface area contributed by atoms with E-state index in [0.29, 0.717) is 13.0 Å². The average molecular weight is 419 g/mol. The van der Waals surface area contributed by atoms with Gasteiger partial charge in [-0.3, -0.25) is 4.79 Å². The average Bonchev–Trinajstić information content (AvgIpc) is 1.89. The summed E-state index contributed by atoms with van der Waals surface area (Å²) < 4.78 is 4.75. The molecule has 0 rings (SSSR count). The Morgan fingerprint density at radius 2 is 1.83 bits per heavy atom. The molecule has 0 N–H and O–H groups in total. The molecule has 0 saturated carbocycles. The van der Waals surface area contributed by atoms with Crippen LogP contribution in [-0.4, -0.2) is 39.9 Å². The van der Waals surface area contributed by atoms with Crippen LogP contribution < -0.4 is 0 Å². The number of unbranched alkanes of at least 4 members (excludes halogenated alkanes) is 2. The number of hydrogen-bond donors (Lipinski definition) is 0. The van der Waals surface area contributed by atoms with E-state index >= 15 is 0 Å². The molecule has 2 nitrogen and oxygen atoms in total. The van der Waals surface area contributed by atoms with Crippen molar-refractivity contribution in [3.05, 3.63) is 0 Å². The third-order valence-electron chi connectivity index (χ3n) is 1.29. The van der Waals surface area contributed by atoms with Crippen LogP contribution >= 0.6 is 0 Å². The molecule has 0 aliphatic carbocycles. The van der Waals surface area contributed by atoms with Crippen LogP contribution in [0.2, 0.25) is 0 Å². The second-order valence-electron chi connectivity index (χ2n) is 2.26. The normalized spacial score (nSPS) is 7.83. The van der Waals surface area contributed by atoms with Crippen molar-refractivity contribution in [3.8, 4) is 0 Å². The molecule has 0 spiro atoms. The quantitative estimate of drug-likeness (QED) is 0.381. The van der Waals surface area contributed by atoms with Gasteiger partial charge < -0.3 is 4.74 Å². The minimum atomic E-state index is -0.0593. The third kappa shape index (κ3) is 13.6. The van der Waals surface area contributed by atoms with Crippen LogP contribution in [0.1, 0.15) is 39.5 Å². The molecule has 68 valence electrons. The number of carbonyl (C=O) groups excluding carboxylic acids is 1. The summed E-state index contributed by atoms with van der Waals surface area (Å²) in [6.07, 6.45) is 3.83. The molecule has 0 fully saturated rings. The smallest absolute Gasteiger partial charge is 0 e. The molecule has 0 aromatic heterocycles. The predicted octanol–water partition coefficient (Wildman–Crippen LogP) is 1.21. The van der Waals surface area contributed by atoms with Gasteiger partial charge in [0.05, 0.1) is 6.61 Å². The Morgan fingerprint density at radius 3 is 2.25 bits per heavy atom. The Kier molecular flexibility index (Phi) is 22.7. The Balaban J connectivity index is -0.000000405. The van der Waals surface area contributed by atoms with Gasteiger partial charge in [0.25, 0.3) is 0 Å². The second kappa shape index (κ2) is 14.5. The molecule has 0 aliphatic rings. The van der Waals surface area contributed by atoms with E-state index in [-0.39, 0.29) is 52.7 Å². The van der Waals surface area contributed by atoms with Gasteiger partial charge in [0, 0.05) is 25.9 Å². The summed E-state index contributed by atoms with van der Waals surface area (Å²) in [5, 5.41) is 0. The zero-order chi connectivity index (χ0) is 7.82. The van der Waals surface area contributed by atoms with Crippen LogP contribution in [0.25, 0.3) is 0 Å². The summed E-state index contributed by atoms with van der Waals surface area (Å²) in [4.78, 5) is 10.7. The molecule has 0 aromatic carbocycles. The van der Waals surface area contributed by atoms with Crippen molar-refractivity contribution in [2.45, 2.75) is 39.5 Å². The molecule has 2 radical (unpaired) electrons. The van der Waals surface area contributed by atoms with Crippen LogP contribution in [0.4, 0.5) is 0 Å². The summed E-state index contributed by atoms with van der Waals surface area (Å²) in [7, 11) is 0. The SMILES string of the molecule is CCCCCC(=O)OCC.[PbH2].[Zn]. The van der Waals surface area contributed by atoms with Gasteiger partial charge in [-0.2, -0.15) is 0 Å². The van der Waals surface area contributed by atoms with Crippen LogP contribution in [0.3, 0.4) is 0 Å². The molecule has 0 heterocycles. The van der Waals surface area contributed by atoms with Crippen LogP contribution in [0.5, 0.6) is 0 Å². The Bertz CT molecular complexity index is 99.1. The number of esters is 1. The van der Waals surface area contributed by atoms with E-state index in [1.807, 2.05) is 6.92 Å². The van der Waals surface area contributed by atoms with E-state index in [4.69, 9.17) is 4.74 Å². The van der Waals surface area contributed by atoms with Gasteiger partial charge in [0.1, 0.15) is 0 Å². The van der Waals surface area contributed by atoms with Crippen molar-refractivity contribution in [1.82, 2.24) is 0 Å². The van der Waals surface area contributed by atoms with E-state index in [0.717, 1.165) is 19.3 Å². The Labute approximate surface area is 108 Å². The van der Waals surface area contributed by atoms with Gasteiger partial charge in [0.2, 0.25) is 0 Å². The van der Waals surface area contributed by atoms with E-state index in [9.17, 15) is 4.79 Å². The summed E-state index contributed by atoms with van der Waals surface area (Å²) in [6.45, 7) is 4.45. The molecule has 0 atom stereocenters. The first-order chi connectivity index (χ1) is 4.81. The van der Waals surface area contributed by atoms with Gasteiger partial charge in [-0.25, -0.2) is 0 Å². The van der Waals surface area contributed by atoms with Gasteiger partial charge in [-0.05, 0) is 13.3 Å². The largest absolute Gasteiger partial charge is 0 e. The van der Waals surface area contributed by atoms with E-state index in [1.165, 1.54) is 0 Å². The van der Waals surface area contributed by atoms with E-state index < -0.39 is 0 Å². The van der Waals surface area contributed by atoms with Crippen molar-refractivity contribution in [1.29, 1.82) is 0 Å². The summed E-state index contributed by atoms with van der Waals surface area (Å²) in [6, 6.07) is 0. The zero-order valence-corrected chi connectivity index (χ0v) is 16.7. The minimum Gasteiger partial charge on any atom is 0 e. The maximum absolute atomic E-state index is 10.7. The third-order valence-corrected chi connectivity index (χ3v) is 1.29. The number of carbonyl (C=O) groups is 1. The van der Waals surface area contributed by atoms with Crippen molar-refractivity contribution in [2.75, 3.05) is 6.61 Å². The monoisotopic (exact) mass is 418 g/mol. The fourth-order valence-electron chi connectivity index (χ4n) is 0.752. The summed E-state index contributed by atoms with van der Waals surface area (Å²) in [5.74, 6) is -0.0593. The van der Waals surface area contributed by atoms with Crippen LogP contribution in [0, 0.1) is 0 Å². The van der Waals surface area contributed by atoms with E-state index in [1.54, 1.807) is 0 Å². The molecule has 0 aromatic rings. The first-order valence-electron chi connectivity index (χ1n) is 3.96. The molecular weight excluding hydrogens is 401 g/mol. The molecule has 0 amide bonds. The summed E-state index contributed by atoms with van der Waals surface area (Å²) in [5.41, 5.74) is 0. The maximum atomic E-state index is 10.7. The molecular formula is C8H18O2PbZn. The predicted molar refractivity (Wildman–Crippen MR) is 49.3 cm³/mol. The fraction of sp³-hybridized carbons (Fsp3) is 0.875. The topological polar surface area (TPSA) is 26.3 Å².